The van der Waals surface area contributed by atoms with Crippen LogP contribution in [-0.2, 0) is 0 Å². The molecule has 7 heteroatoms. The first-order valence-electron chi connectivity index (χ1n) is 7.60. The van der Waals surface area contributed by atoms with Gasteiger partial charge in [-0.2, -0.15) is 5.10 Å². The molecule has 132 valence electrons. The average Bonchev–Trinajstić information content (AvgIpc) is 2.63. The summed E-state index contributed by atoms with van der Waals surface area (Å²) in [4.78, 5) is 12.1. The highest BCUT2D eigenvalue weighted by Gasteiger charge is 2.10. The fraction of sp³-hybridized carbons (Fsp3) is 0.222. The smallest absolute Gasteiger partial charge is 0.271 e. The van der Waals surface area contributed by atoms with Crippen molar-refractivity contribution in [3.63, 3.8) is 0 Å². The molecule has 0 aromatic heterocycles. The maximum atomic E-state index is 12.1. The largest absolute Gasteiger partial charge is 0.504 e. The van der Waals surface area contributed by atoms with Crippen LogP contribution in [-0.4, -0.2) is 38.1 Å². The van der Waals surface area contributed by atoms with Gasteiger partial charge in [0.25, 0.3) is 5.91 Å². The van der Waals surface area contributed by atoms with Crippen molar-refractivity contribution in [2.24, 2.45) is 5.10 Å². The summed E-state index contributed by atoms with van der Waals surface area (Å²) in [6.45, 7) is 2.29. The van der Waals surface area contributed by atoms with Crippen LogP contribution in [0.4, 0.5) is 0 Å². The van der Waals surface area contributed by atoms with Crippen molar-refractivity contribution in [3.8, 4) is 23.0 Å². The van der Waals surface area contributed by atoms with Crippen molar-refractivity contribution in [2.45, 2.75) is 6.92 Å². The number of rotatable bonds is 7. The Balaban J connectivity index is 2.04. The minimum absolute atomic E-state index is 0.0111. The molecule has 0 fully saturated rings. The maximum Gasteiger partial charge on any atom is 0.271 e. The van der Waals surface area contributed by atoms with Crippen LogP contribution in [0.3, 0.4) is 0 Å². The summed E-state index contributed by atoms with van der Waals surface area (Å²) in [5.74, 6) is 1.00. The number of hydrogen-bond acceptors (Lipinski definition) is 6. The normalized spacial score (nSPS) is 10.5. The Kier molecular flexibility index (Phi) is 6.22. The number of methoxy groups -OCH3 is 2. The zero-order chi connectivity index (χ0) is 18.2. The minimum Gasteiger partial charge on any atom is -0.504 e. The van der Waals surface area contributed by atoms with E-state index in [1.807, 2.05) is 6.92 Å². The number of ether oxygens (including phenoxy) is 3. The lowest BCUT2D eigenvalue weighted by Crippen LogP contribution is -2.17. The quantitative estimate of drug-likeness (QED) is 0.595. The third kappa shape index (κ3) is 4.63. The van der Waals surface area contributed by atoms with E-state index < -0.39 is 5.91 Å². The van der Waals surface area contributed by atoms with Crippen LogP contribution in [0, 0.1) is 0 Å². The third-order valence-electron chi connectivity index (χ3n) is 3.31. The van der Waals surface area contributed by atoms with E-state index >= 15 is 0 Å². The first-order valence-corrected chi connectivity index (χ1v) is 7.60. The van der Waals surface area contributed by atoms with E-state index in [1.54, 1.807) is 30.3 Å². The average molecular weight is 344 g/mol. The van der Waals surface area contributed by atoms with E-state index in [0.717, 1.165) is 0 Å². The van der Waals surface area contributed by atoms with E-state index in [2.05, 4.69) is 10.5 Å². The molecule has 0 atom stereocenters. The number of phenols is 1. The first-order chi connectivity index (χ1) is 12.1. The molecule has 0 unspecified atom stereocenters. The highest BCUT2D eigenvalue weighted by atomic mass is 16.5. The van der Waals surface area contributed by atoms with Crippen LogP contribution < -0.4 is 19.6 Å². The molecule has 25 heavy (non-hydrogen) atoms. The van der Waals surface area contributed by atoms with Gasteiger partial charge in [0.2, 0.25) is 0 Å². The van der Waals surface area contributed by atoms with E-state index in [9.17, 15) is 9.90 Å². The van der Waals surface area contributed by atoms with Gasteiger partial charge in [0.15, 0.2) is 23.0 Å². The molecule has 2 rings (SSSR count). The van der Waals surface area contributed by atoms with E-state index in [-0.39, 0.29) is 5.75 Å². The van der Waals surface area contributed by atoms with Gasteiger partial charge in [-0.05, 0) is 48.9 Å². The summed E-state index contributed by atoms with van der Waals surface area (Å²) < 4.78 is 15.5. The zero-order valence-corrected chi connectivity index (χ0v) is 14.3. The van der Waals surface area contributed by atoms with E-state index in [0.29, 0.717) is 35.0 Å². The van der Waals surface area contributed by atoms with Crippen LogP contribution in [0.5, 0.6) is 23.0 Å². The Morgan fingerprint density at radius 3 is 2.48 bits per heavy atom. The second-order valence-corrected chi connectivity index (χ2v) is 4.93. The topological polar surface area (TPSA) is 89.4 Å². The number of hydrazone groups is 1. The summed E-state index contributed by atoms with van der Waals surface area (Å²) in [5, 5.41) is 13.7. The predicted octanol–water partition coefficient (Wildman–Crippen LogP) is 2.57. The molecule has 2 N–H and O–H groups in total. The van der Waals surface area contributed by atoms with E-state index in [1.165, 1.54) is 26.5 Å². The van der Waals surface area contributed by atoms with Crippen molar-refractivity contribution < 1.29 is 24.1 Å². The van der Waals surface area contributed by atoms with Crippen molar-refractivity contribution in [1.82, 2.24) is 5.43 Å². The van der Waals surface area contributed by atoms with Crippen LogP contribution in [0.2, 0.25) is 0 Å². The molecule has 0 saturated heterocycles. The van der Waals surface area contributed by atoms with Crippen LogP contribution in [0.25, 0.3) is 0 Å². The molecule has 2 aromatic rings. The first kappa shape index (κ1) is 18.1. The van der Waals surface area contributed by atoms with Gasteiger partial charge in [-0.25, -0.2) is 5.43 Å². The number of nitrogens with one attached hydrogen (secondary N) is 1. The van der Waals surface area contributed by atoms with Gasteiger partial charge in [0.05, 0.1) is 27.0 Å². The second-order valence-electron chi connectivity index (χ2n) is 4.93. The third-order valence-corrected chi connectivity index (χ3v) is 3.31. The molecule has 0 bridgehead atoms. The van der Waals surface area contributed by atoms with Crippen LogP contribution in [0.15, 0.2) is 41.5 Å². The summed E-state index contributed by atoms with van der Waals surface area (Å²) >= 11 is 0. The van der Waals surface area contributed by atoms with Gasteiger partial charge < -0.3 is 19.3 Å². The molecule has 2 aromatic carbocycles. The maximum absolute atomic E-state index is 12.1. The summed E-state index contributed by atoms with van der Waals surface area (Å²) in [6, 6.07) is 9.66. The van der Waals surface area contributed by atoms with Crippen molar-refractivity contribution in [2.75, 3.05) is 20.8 Å². The number of carbonyl (C=O) groups excluding carboxylic acids is 1. The Bertz CT molecular complexity index is 774. The predicted molar refractivity (Wildman–Crippen MR) is 93.9 cm³/mol. The van der Waals surface area contributed by atoms with Crippen molar-refractivity contribution in [3.05, 3.63) is 47.5 Å². The van der Waals surface area contributed by atoms with Crippen LogP contribution >= 0.6 is 0 Å². The highest BCUT2D eigenvalue weighted by Crippen LogP contribution is 2.27. The zero-order valence-electron chi connectivity index (χ0n) is 14.3. The lowest BCUT2D eigenvalue weighted by atomic mass is 10.2. The number of carbonyl (C=O) groups is 1. The Morgan fingerprint density at radius 1 is 1.12 bits per heavy atom. The number of hydrogen-bond donors (Lipinski definition) is 2. The van der Waals surface area contributed by atoms with Crippen molar-refractivity contribution >= 4 is 12.1 Å². The minimum atomic E-state index is -0.396. The number of amides is 1. The monoisotopic (exact) mass is 344 g/mol. The molecule has 1 amide bonds. The molecule has 0 saturated carbocycles. The van der Waals surface area contributed by atoms with Gasteiger partial charge >= 0.3 is 0 Å². The number of benzene rings is 2. The fourth-order valence-electron chi connectivity index (χ4n) is 2.10. The lowest BCUT2D eigenvalue weighted by molar-refractivity contribution is 0.0954. The highest BCUT2D eigenvalue weighted by molar-refractivity contribution is 5.95. The number of aromatic hydroxyl groups is 1. The van der Waals surface area contributed by atoms with Gasteiger partial charge in [-0.1, -0.05) is 0 Å². The molecular weight excluding hydrogens is 324 g/mol. The summed E-state index contributed by atoms with van der Waals surface area (Å²) in [5.41, 5.74) is 3.41. The standard InChI is InChI=1S/C18H20N2O5/c1-4-25-15-7-5-12(9-14(15)21)11-19-20-18(22)13-6-8-16(23-2)17(10-13)24-3/h5-11,21H,4H2,1-3H3,(H,20,22). The summed E-state index contributed by atoms with van der Waals surface area (Å²) in [7, 11) is 3.02. The molecule has 0 aliphatic heterocycles. The lowest BCUT2D eigenvalue weighted by Gasteiger charge is -2.08. The molecule has 0 aliphatic carbocycles. The SMILES string of the molecule is CCOc1ccc(C=NNC(=O)c2ccc(OC)c(OC)c2)cc1O. The van der Waals surface area contributed by atoms with Crippen LogP contribution in [0.1, 0.15) is 22.8 Å². The molecule has 0 spiro atoms. The van der Waals surface area contributed by atoms with Gasteiger partial charge in [0.1, 0.15) is 0 Å². The number of phenolic OH excluding ortho intramolecular Hbond substituents is 1. The molecule has 7 nitrogen and oxygen atoms in total. The fourth-order valence-corrected chi connectivity index (χ4v) is 2.10. The van der Waals surface area contributed by atoms with Crippen molar-refractivity contribution in [1.29, 1.82) is 0 Å². The Hall–Kier alpha value is -3.22. The number of nitrogens with zero attached hydrogens (tertiary/aromatic N) is 1. The van der Waals surface area contributed by atoms with Gasteiger partial charge in [-0.15, -0.1) is 0 Å². The van der Waals surface area contributed by atoms with E-state index in [4.69, 9.17) is 14.2 Å². The molecule has 0 heterocycles. The second kappa shape index (κ2) is 8.58. The van der Waals surface area contributed by atoms with Gasteiger partial charge in [0, 0.05) is 5.56 Å². The molecular formula is C18H20N2O5. The molecule has 0 aliphatic rings. The summed E-state index contributed by atoms with van der Waals surface area (Å²) in [6.07, 6.45) is 1.42. The molecule has 0 radical (unpaired) electrons. The van der Waals surface area contributed by atoms with Gasteiger partial charge in [-0.3, -0.25) is 4.79 Å². The Labute approximate surface area is 145 Å². The Morgan fingerprint density at radius 2 is 1.84 bits per heavy atom.